The third-order valence-corrected chi connectivity index (χ3v) is 6.57. The highest BCUT2D eigenvalue weighted by Crippen LogP contribution is 2.38. The zero-order valence-corrected chi connectivity index (χ0v) is 19.5. The first-order chi connectivity index (χ1) is 16.1. The van der Waals surface area contributed by atoms with Crippen molar-refractivity contribution in [3.8, 4) is 16.9 Å². The Morgan fingerprint density at radius 1 is 1.09 bits per heavy atom. The summed E-state index contributed by atoms with van der Waals surface area (Å²) in [5, 5.41) is 3.15. The molecule has 1 saturated carbocycles. The number of hydrogen-bond acceptors (Lipinski definition) is 5. The minimum atomic E-state index is 0.106. The summed E-state index contributed by atoms with van der Waals surface area (Å²) in [5.41, 5.74) is 4.44. The Hall–Kier alpha value is -3.28. The number of carbonyl (C=O) groups is 1. The van der Waals surface area contributed by atoms with Crippen molar-refractivity contribution in [1.82, 2.24) is 20.3 Å². The summed E-state index contributed by atoms with van der Waals surface area (Å²) in [6.45, 7) is 2.70. The fourth-order valence-corrected chi connectivity index (χ4v) is 4.70. The summed E-state index contributed by atoms with van der Waals surface area (Å²) < 4.78 is 5.38. The number of amides is 1. The van der Waals surface area contributed by atoms with E-state index in [0.717, 1.165) is 66.2 Å². The summed E-state index contributed by atoms with van der Waals surface area (Å²) in [6, 6.07) is 11.9. The Kier molecular flexibility index (Phi) is 7.66. The molecule has 1 amide bonds. The third-order valence-electron chi connectivity index (χ3n) is 6.57. The van der Waals surface area contributed by atoms with Crippen LogP contribution in [0, 0.1) is 12.8 Å². The maximum atomic E-state index is 12.4. The van der Waals surface area contributed by atoms with Gasteiger partial charge in [0.1, 0.15) is 11.6 Å². The minimum absolute atomic E-state index is 0.106. The third kappa shape index (κ3) is 5.95. The van der Waals surface area contributed by atoms with Crippen LogP contribution in [0.5, 0.6) is 5.75 Å². The number of aryl methyl sites for hydroxylation is 2. The van der Waals surface area contributed by atoms with Gasteiger partial charge in [0.05, 0.1) is 12.8 Å². The normalized spacial score (nSPS) is 18.0. The number of para-hydroxylation sites is 1. The molecule has 1 aliphatic carbocycles. The summed E-state index contributed by atoms with van der Waals surface area (Å²) in [5.74, 6) is 2.70. The number of benzene rings is 1. The van der Waals surface area contributed by atoms with Crippen molar-refractivity contribution in [3.63, 3.8) is 0 Å². The van der Waals surface area contributed by atoms with Crippen molar-refractivity contribution in [3.05, 3.63) is 72.1 Å². The summed E-state index contributed by atoms with van der Waals surface area (Å²) in [4.78, 5) is 25.8. The number of hydrogen-bond donors (Lipinski definition) is 1. The summed E-state index contributed by atoms with van der Waals surface area (Å²) >= 11 is 0. The van der Waals surface area contributed by atoms with Crippen LogP contribution in [0.25, 0.3) is 11.1 Å². The van der Waals surface area contributed by atoms with Crippen molar-refractivity contribution in [2.45, 2.75) is 51.4 Å². The van der Waals surface area contributed by atoms with Gasteiger partial charge in [-0.1, -0.05) is 18.2 Å². The van der Waals surface area contributed by atoms with Crippen molar-refractivity contribution < 1.29 is 9.53 Å². The molecule has 3 aromatic rings. The van der Waals surface area contributed by atoms with E-state index in [1.807, 2.05) is 61.9 Å². The van der Waals surface area contributed by atoms with Crippen LogP contribution in [-0.2, 0) is 11.2 Å². The lowest BCUT2D eigenvalue weighted by Gasteiger charge is -2.29. The molecular formula is C27H32N4O2. The molecule has 1 aromatic carbocycles. The first-order valence-electron chi connectivity index (χ1n) is 11.8. The molecule has 0 bridgehead atoms. The van der Waals surface area contributed by atoms with Crippen LogP contribution in [0.1, 0.15) is 55.1 Å². The molecule has 6 heteroatoms. The van der Waals surface area contributed by atoms with Crippen molar-refractivity contribution in [2.75, 3.05) is 13.7 Å². The van der Waals surface area contributed by atoms with Crippen LogP contribution in [0.15, 0.2) is 55.0 Å². The monoisotopic (exact) mass is 444 g/mol. The SMILES string of the molecule is COc1ccccc1CCC(=O)NCC1CCC(c2nc(C)ncc2-c2ccncc2)CC1. The minimum Gasteiger partial charge on any atom is -0.496 e. The Bertz CT molecular complexity index is 1060. The predicted octanol–water partition coefficient (Wildman–Crippen LogP) is 4.88. The van der Waals surface area contributed by atoms with Crippen LogP contribution in [0.2, 0.25) is 0 Å². The number of ether oxygens (including phenoxy) is 1. The molecule has 4 rings (SSSR count). The van der Waals surface area contributed by atoms with E-state index in [9.17, 15) is 4.79 Å². The predicted molar refractivity (Wildman–Crippen MR) is 129 cm³/mol. The first-order valence-corrected chi connectivity index (χ1v) is 11.8. The molecule has 1 fully saturated rings. The van der Waals surface area contributed by atoms with E-state index < -0.39 is 0 Å². The van der Waals surface area contributed by atoms with E-state index in [1.165, 1.54) is 0 Å². The topological polar surface area (TPSA) is 77.0 Å². The number of carbonyl (C=O) groups excluding carboxylic acids is 1. The van der Waals surface area contributed by atoms with E-state index in [-0.39, 0.29) is 5.91 Å². The van der Waals surface area contributed by atoms with E-state index in [1.54, 1.807) is 7.11 Å². The second kappa shape index (κ2) is 11.0. The average molecular weight is 445 g/mol. The zero-order valence-electron chi connectivity index (χ0n) is 19.5. The zero-order chi connectivity index (χ0) is 23.0. The highest BCUT2D eigenvalue weighted by atomic mass is 16.5. The van der Waals surface area contributed by atoms with Gasteiger partial charge in [-0.3, -0.25) is 9.78 Å². The maximum Gasteiger partial charge on any atom is 0.220 e. The number of nitrogens with one attached hydrogen (secondary N) is 1. The van der Waals surface area contributed by atoms with Crippen LogP contribution in [0.4, 0.5) is 0 Å². The molecule has 172 valence electrons. The second-order valence-electron chi connectivity index (χ2n) is 8.79. The largest absolute Gasteiger partial charge is 0.496 e. The highest BCUT2D eigenvalue weighted by Gasteiger charge is 2.26. The molecule has 0 unspecified atom stereocenters. The molecule has 1 N–H and O–H groups in total. The Labute approximate surface area is 195 Å². The number of rotatable bonds is 8. The smallest absolute Gasteiger partial charge is 0.220 e. The summed E-state index contributed by atoms with van der Waals surface area (Å²) in [7, 11) is 1.66. The molecule has 2 heterocycles. The molecule has 0 atom stereocenters. The van der Waals surface area contributed by atoms with E-state index >= 15 is 0 Å². The molecule has 2 aromatic heterocycles. The molecule has 33 heavy (non-hydrogen) atoms. The Morgan fingerprint density at radius 2 is 1.85 bits per heavy atom. The number of aromatic nitrogens is 3. The molecule has 0 radical (unpaired) electrons. The molecule has 0 spiro atoms. The molecule has 1 aliphatic rings. The fraction of sp³-hybridized carbons (Fsp3) is 0.407. The van der Waals surface area contributed by atoms with Gasteiger partial charge >= 0.3 is 0 Å². The molecular weight excluding hydrogens is 412 g/mol. The van der Waals surface area contributed by atoms with Crippen molar-refractivity contribution >= 4 is 5.91 Å². The quantitative estimate of drug-likeness (QED) is 0.536. The van der Waals surface area contributed by atoms with E-state index in [4.69, 9.17) is 9.72 Å². The van der Waals surface area contributed by atoms with Gasteiger partial charge in [0.2, 0.25) is 5.91 Å². The number of methoxy groups -OCH3 is 1. The fourth-order valence-electron chi connectivity index (χ4n) is 4.70. The number of nitrogens with zero attached hydrogens (tertiary/aromatic N) is 3. The van der Waals surface area contributed by atoms with Crippen molar-refractivity contribution in [1.29, 1.82) is 0 Å². The lowest BCUT2D eigenvalue weighted by molar-refractivity contribution is -0.121. The molecule has 6 nitrogen and oxygen atoms in total. The van der Waals surface area contributed by atoms with E-state index in [0.29, 0.717) is 24.7 Å². The van der Waals surface area contributed by atoms with Gasteiger partial charge in [-0.25, -0.2) is 9.97 Å². The lowest BCUT2D eigenvalue weighted by Crippen LogP contribution is -2.31. The van der Waals surface area contributed by atoms with E-state index in [2.05, 4.69) is 15.3 Å². The first kappa shape index (κ1) is 22.9. The van der Waals surface area contributed by atoms with Gasteiger partial charge in [0.15, 0.2) is 0 Å². The molecule has 0 aliphatic heterocycles. The lowest BCUT2D eigenvalue weighted by atomic mass is 9.79. The van der Waals surface area contributed by atoms with Gasteiger partial charge in [-0.15, -0.1) is 0 Å². The van der Waals surface area contributed by atoms with Crippen LogP contribution in [0.3, 0.4) is 0 Å². The summed E-state index contributed by atoms with van der Waals surface area (Å²) in [6.07, 6.45) is 11.1. The van der Waals surface area contributed by atoms with Crippen molar-refractivity contribution in [2.24, 2.45) is 5.92 Å². The van der Waals surface area contributed by atoms with Crippen LogP contribution < -0.4 is 10.1 Å². The Morgan fingerprint density at radius 3 is 2.61 bits per heavy atom. The maximum absolute atomic E-state index is 12.4. The average Bonchev–Trinajstić information content (AvgIpc) is 2.87. The molecule has 0 saturated heterocycles. The van der Waals surface area contributed by atoms with Crippen LogP contribution in [-0.4, -0.2) is 34.5 Å². The highest BCUT2D eigenvalue weighted by molar-refractivity contribution is 5.76. The second-order valence-corrected chi connectivity index (χ2v) is 8.79. The van der Waals surface area contributed by atoms with Gasteiger partial charge in [-0.05, 0) is 74.3 Å². The Balaban J connectivity index is 1.28. The van der Waals surface area contributed by atoms with Crippen LogP contribution >= 0.6 is 0 Å². The van der Waals surface area contributed by atoms with Gasteiger partial charge in [0, 0.05) is 43.0 Å². The van der Waals surface area contributed by atoms with Gasteiger partial charge in [-0.2, -0.15) is 0 Å². The van der Waals surface area contributed by atoms with Gasteiger partial charge in [0.25, 0.3) is 0 Å². The standard InChI is InChI=1S/C27H32N4O2/c1-19-29-18-24(21-13-15-28-16-14-21)27(31-19)23-9-7-20(8-10-23)17-30-26(32)12-11-22-5-3-4-6-25(22)33-2/h3-6,13-16,18,20,23H,7-12,17H2,1-2H3,(H,30,32). The number of pyridine rings is 1. The van der Waals surface area contributed by atoms with Gasteiger partial charge < -0.3 is 10.1 Å².